The molecule has 0 amide bonds. The van der Waals surface area contributed by atoms with Crippen LogP contribution in [0.1, 0.15) is 28.4 Å². The number of hydrogen-bond acceptors (Lipinski definition) is 4. The average molecular weight is 302 g/mol. The summed E-state index contributed by atoms with van der Waals surface area (Å²) in [7, 11) is 0. The number of nitrogen functional groups attached to an aromatic ring is 1. The second kappa shape index (κ2) is 5.79. The SMILES string of the molecule is Nc1ccc(C(O)C(=O)O)c(C(=O)CCBr)c1. The van der Waals surface area contributed by atoms with Crippen LogP contribution in [0.25, 0.3) is 0 Å². The summed E-state index contributed by atoms with van der Waals surface area (Å²) in [5.74, 6) is -1.66. The van der Waals surface area contributed by atoms with E-state index in [-0.39, 0.29) is 23.3 Å². The molecule has 1 aromatic carbocycles. The van der Waals surface area contributed by atoms with Gasteiger partial charge in [0.05, 0.1) is 0 Å². The van der Waals surface area contributed by atoms with Gasteiger partial charge in [0, 0.05) is 28.6 Å². The van der Waals surface area contributed by atoms with E-state index in [0.29, 0.717) is 11.0 Å². The van der Waals surface area contributed by atoms with Crippen LogP contribution in [0.5, 0.6) is 0 Å². The highest BCUT2D eigenvalue weighted by Crippen LogP contribution is 2.22. The molecule has 1 aromatic rings. The zero-order chi connectivity index (χ0) is 13.0. The molecule has 0 spiro atoms. The van der Waals surface area contributed by atoms with E-state index >= 15 is 0 Å². The minimum absolute atomic E-state index is 0.0673. The number of rotatable bonds is 5. The fourth-order valence-corrected chi connectivity index (χ4v) is 1.77. The summed E-state index contributed by atoms with van der Waals surface area (Å²) in [6.45, 7) is 0. The first-order chi connectivity index (χ1) is 7.97. The van der Waals surface area contributed by atoms with E-state index in [1.165, 1.54) is 18.2 Å². The van der Waals surface area contributed by atoms with Crippen LogP contribution in [0.2, 0.25) is 0 Å². The van der Waals surface area contributed by atoms with E-state index < -0.39 is 12.1 Å². The number of aliphatic hydroxyl groups is 1. The molecule has 1 rings (SSSR count). The molecule has 0 radical (unpaired) electrons. The second-order valence-corrected chi connectivity index (χ2v) is 4.24. The molecule has 0 aliphatic rings. The van der Waals surface area contributed by atoms with Gasteiger partial charge in [0.1, 0.15) is 0 Å². The smallest absolute Gasteiger partial charge is 0.337 e. The van der Waals surface area contributed by atoms with E-state index in [2.05, 4.69) is 15.9 Å². The average Bonchev–Trinajstić information content (AvgIpc) is 2.28. The van der Waals surface area contributed by atoms with Crippen LogP contribution >= 0.6 is 15.9 Å². The number of nitrogens with two attached hydrogens (primary N) is 1. The monoisotopic (exact) mass is 301 g/mol. The minimum Gasteiger partial charge on any atom is -0.479 e. The second-order valence-electron chi connectivity index (χ2n) is 3.45. The molecule has 0 aliphatic carbocycles. The predicted molar refractivity (Wildman–Crippen MR) is 66.2 cm³/mol. The fraction of sp³-hybridized carbons (Fsp3) is 0.273. The number of aliphatic carboxylic acids is 1. The van der Waals surface area contributed by atoms with Gasteiger partial charge in [0.15, 0.2) is 11.9 Å². The minimum atomic E-state index is -1.72. The fourth-order valence-electron chi connectivity index (χ4n) is 1.41. The van der Waals surface area contributed by atoms with Crippen LogP contribution in [0.4, 0.5) is 5.69 Å². The lowest BCUT2D eigenvalue weighted by Gasteiger charge is -2.12. The summed E-state index contributed by atoms with van der Waals surface area (Å²) in [5, 5.41) is 18.7. The summed E-state index contributed by atoms with van der Waals surface area (Å²) in [5.41, 5.74) is 6.12. The molecule has 1 atom stereocenters. The molecule has 0 aliphatic heterocycles. The number of carbonyl (C=O) groups is 2. The van der Waals surface area contributed by atoms with Crippen LogP contribution in [0.3, 0.4) is 0 Å². The first-order valence-electron chi connectivity index (χ1n) is 4.86. The lowest BCUT2D eigenvalue weighted by Crippen LogP contribution is -2.15. The van der Waals surface area contributed by atoms with Crippen molar-refractivity contribution < 1.29 is 19.8 Å². The molecule has 5 nitrogen and oxygen atoms in total. The summed E-state index contributed by atoms with van der Waals surface area (Å²) < 4.78 is 0. The molecule has 6 heteroatoms. The third kappa shape index (κ3) is 3.28. The highest BCUT2D eigenvalue weighted by atomic mass is 79.9. The zero-order valence-electron chi connectivity index (χ0n) is 8.89. The molecular weight excluding hydrogens is 290 g/mol. The Hall–Kier alpha value is -1.40. The van der Waals surface area contributed by atoms with Gasteiger partial charge in [0.2, 0.25) is 0 Å². The van der Waals surface area contributed by atoms with Gasteiger partial charge in [-0.2, -0.15) is 0 Å². The van der Waals surface area contributed by atoms with Crippen molar-refractivity contribution >= 4 is 33.4 Å². The number of carboxylic acids is 1. The molecule has 1 unspecified atom stereocenters. The maximum atomic E-state index is 11.8. The van der Waals surface area contributed by atoms with Crippen LogP contribution < -0.4 is 5.73 Å². The first-order valence-corrected chi connectivity index (χ1v) is 5.99. The lowest BCUT2D eigenvalue weighted by atomic mass is 9.97. The number of alkyl halides is 1. The van der Waals surface area contributed by atoms with Crippen molar-refractivity contribution in [2.75, 3.05) is 11.1 Å². The number of aliphatic hydroxyl groups excluding tert-OH is 1. The van der Waals surface area contributed by atoms with Crippen LogP contribution in [0.15, 0.2) is 18.2 Å². The van der Waals surface area contributed by atoms with E-state index in [1.54, 1.807) is 0 Å². The predicted octanol–water partition coefficient (Wildman–Crippen LogP) is 1.35. The van der Waals surface area contributed by atoms with E-state index in [0.717, 1.165) is 0 Å². The Morgan fingerprint density at radius 1 is 1.41 bits per heavy atom. The maximum absolute atomic E-state index is 11.8. The Morgan fingerprint density at radius 2 is 2.06 bits per heavy atom. The Balaban J connectivity index is 3.21. The highest BCUT2D eigenvalue weighted by Gasteiger charge is 2.22. The van der Waals surface area contributed by atoms with E-state index in [4.69, 9.17) is 10.8 Å². The summed E-state index contributed by atoms with van der Waals surface area (Å²) in [4.78, 5) is 22.5. The number of ketones is 1. The van der Waals surface area contributed by atoms with Crippen LogP contribution in [0, 0.1) is 0 Å². The van der Waals surface area contributed by atoms with E-state index in [9.17, 15) is 14.7 Å². The van der Waals surface area contributed by atoms with Crippen molar-refractivity contribution in [3.63, 3.8) is 0 Å². The van der Waals surface area contributed by atoms with Crippen LogP contribution in [-0.4, -0.2) is 27.3 Å². The molecule has 0 saturated carbocycles. The van der Waals surface area contributed by atoms with Gasteiger partial charge in [0.25, 0.3) is 0 Å². The number of carboxylic acid groups (broad SMARTS) is 1. The molecule has 0 saturated heterocycles. The molecule has 0 fully saturated rings. The maximum Gasteiger partial charge on any atom is 0.337 e. The quantitative estimate of drug-likeness (QED) is 0.433. The first kappa shape index (κ1) is 13.7. The molecule has 0 aromatic heterocycles. The molecule has 0 heterocycles. The van der Waals surface area contributed by atoms with Gasteiger partial charge in [-0.1, -0.05) is 22.0 Å². The van der Waals surface area contributed by atoms with Gasteiger partial charge in [-0.05, 0) is 12.1 Å². The molecule has 4 N–H and O–H groups in total. The normalized spacial score (nSPS) is 12.1. The highest BCUT2D eigenvalue weighted by molar-refractivity contribution is 9.09. The Bertz CT molecular complexity index is 447. The molecule has 17 heavy (non-hydrogen) atoms. The molecular formula is C11H12BrNO4. The third-order valence-corrected chi connectivity index (χ3v) is 2.62. The van der Waals surface area contributed by atoms with Gasteiger partial charge >= 0.3 is 5.97 Å². The third-order valence-electron chi connectivity index (χ3n) is 2.23. The van der Waals surface area contributed by atoms with Crippen LogP contribution in [-0.2, 0) is 4.79 Å². The Morgan fingerprint density at radius 3 is 2.59 bits per heavy atom. The van der Waals surface area contributed by atoms with Crippen molar-refractivity contribution in [3.05, 3.63) is 29.3 Å². The number of benzene rings is 1. The zero-order valence-corrected chi connectivity index (χ0v) is 10.5. The topological polar surface area (TPSA) is 101 Å². The van der Waals surface area contributed by atoms with Gasteiger partial charge in [-0.15, -0.1) is 0 Å². The van der Waals surface area contributed by atoms with Crippen molar-refractivity contribution in [2.24, 2.45) is 0 Å². The van der Waals surface area contributed by atoms with Crippen molar-refractivity contribution in [2.45, 2.75) is 12.5 Å². The standard InChI is InChI=1S/C11H12BrNO4/c12-4-3-9(14)8-5-6(13)1-2-7(8)10(15)11(16)17/h1-2,5,10,15H,3-4,13H2,(H,16,17). The summed E-state index contributed by atoms with van der Waals surface area (Å²) >= 11 is 3.13. The Labute approximate surface area is 106 Å². The van der Waals surface area contributed by atoms with E-state index in [1.807, 2.05) is 0 Å². The largest absolute Gasteiger partial charge is 0.479 e. The number of carbonyl (C=O) groups excluding carboxylic acids is 1. The number of anilines is 1. The number of hydrogen-bond donors (Lipinski definition) is 3. The summed E-state index contributed by atoms with van der Waals surface area (Å²) in [6.07, 6.45) is -1.51. The number of halogens is 1. The number of Topliss-reactive ketones (excluding diaryl/α,β-unsaturated/α-hetero) is 1. The molecule has 0 bridgehead atoms. The van der Waals surface area contributed by atoms with Crippen molar-refractivity contribution in [1.29, 1.82) is 0 Å². The van der Waals surface area contributed by atoms with Crippen molar-refractivity contribution in [3.8, 4) is 0 Å². The van der Waals surface area contributed by atoms with Crippen molar-refractivity contribution in [1.82, 2.24) is 0 Å². The Kier molecular flexibility index (Phi) is 4.65. The molecule has 92 valence electrons. The van der Waals surface area contributed by atoms with Gasteiger partial charge in [-0.3, -0.25) is 4.79 Å². The van der Waals surface area contributed by atoms with Gasteiger partial charge in [-0.25, -0.2) is 4.79 Å². The lowest BCUT2D eigenvalue weighted by molar-refractivity contribution is -0.146. The summed E-state index contributed by atoms with van der Waals surface area (Å²) in [6, 6.07) is 4.19. The van der Waals surface area contributed by atoms with Gasteiger partial charge < -0.3 is 15.9 Å².